The Bertz CT molecular complexity index is 1150. The number of anilines is 1. The maximum atomic E-state index is 12.9. The molecule has 0 radical (unpaired) electrons. The van der Waals surface area contributed by atoms with Crippen molar-refractivity contribution in [1.29, 1.82) is 0 Å². The number of halogens is 1. The van der Waals surface area contributed by atoms with Crippen LogP contribution in [0.25, 0.3) is 11.4 Å². The van der Waals surface area contributed by atoms with E-state index in [0.717, 1.165) is 35.2 Å². The zero-order valence-electron chi connectivity index (χ0n) is 15.9. The smallest absolute Gasteiger partial charge is 0.226 e. The van der Waals surface area contributed by atoms with E-state index in [-0.39, 0.29) is 5.78 Å². The molecule has 1 aliphatic heterocycles. The van der Waals surface area contributed by atoms with Gasteiger partial charge in [-0.05, 0) is 31.0 Å². The summed E-state index contributed by atoms with van der Waals surface area (Å²) in [5.41, 5.74) is 3.28. The average Bonchev–Trinajstić information content (AvgIpc) is 3.16. The first-order valence-corrected chi connectivity index (χ1v) is 9.93. The molecule has 1 aliphatic carbocycles. The molecule has 1 unspecified atom stereocenters. The van der Waals surface area contributed by atoms with Gasteiger partial charge in [0.15, 0.2) is 11.6 Å². The summed E-state index contributed by atoms with van der Waals surface area (Å²) < 4.78 is 7.25. The molecule has 146 valence electrons. The molecule has 2 aromatic carbocycles. The second kappa shape index (κ2) is 7.04. The summed E-state index contributed by atoms with van der Waals surface area (Å²) in [6, 6.07) is 14.8. The summed E-state index contributed by atoms with van der Waals surface area (Å²) in [6.45, 7) is 0. The van der Waals surface area contributed by atoms with Crippen molar-refractivity contribution >= 4 is 23.3 Å². The zero-order chi connectivity index (χ0) is 20.0. The van der Waals surface area contributed by atoms with Crippen LogP contribution in [0.4, 0.5) is 5.95 Å². The van der Waals surface area contributed by atoms with Gasteiger partial charge in [0.1, 0.15) is 11.8 Å². The van der Waals surface area contributed by atoms with Gasteiger partial charge in [-0.2, -0.15) is 4.98 Å². The molecule has 5 rings (SSSR count). The minimum absolute atomic E-state index is 0.128. The molecule has 6 nitrogen and oxygen atoms in total. The standard InChI is InChI=1S/C22H19ClN4O2/c1-29-18-12-5-3-8-14(18)21-25-22-24-16-10-6-11-17(28)19(16)20(27(22)26-21)13-7-2-4-9-15(13)23/h2-5,7-9,12,20H,6,10-11H2,1H3,(H,24,25,26). The molecule has 2 heterocycles. The Kier molecular flexibility index (Phi) is 4.36. The maximum Gasteiger partial charge on any atom is 0.226 e. The number of nitrogens with zero attached hydrogens (tertiary/aromatic N) is 3. The van der Waals surface area contributed by atoms with Crippen molar-refractivity contribution in [2.45, 2.75) is 25.3 Å². The highest BCUT2D eigenvalue weighted by atomic mass is 35.5. The third-order valence-corrected chi connectivity index (χ3v) is 5.76. The molecular formula is C22H19ClN4O2. The van der Waals surface area contributed by atoms with Gasteiger partial charge in [-0.3, -0.25) is 4.79 Å². The maximum absolute atomic E-state index is 12.9. The van der Waals surface area contributed by atoms with Gasteiger partial charge in [-0.25, -0.2) is 4.68 Å². The molecule has 0 saturated carbocycles. The Labute approximate surface area is 173 Å². The predicted molar refractivity (Wildman–Crippen MR) is 111 cm³/mol. The van der Waals surface area contributed by atoms with Gasteiger partial charge >= 0.3 is 0 Å². The summed E-state index contributed by atoms with van der Waals surface area (Å²) >= 11 is 6.54. The number of hydrogen-bond donors (Lipinski definition) is 1. The molecule has 1 aromatic heterocycles. The van der Waals surface area contributed by atoms with Crippen molar-refractivity contribution in [3.05, 3.63) is 70.4 Å². The number of carbonyl (C=O) groups is 1. The number of aromatic nitrogens is 3. The van der Waals surface area contributed by atoms with Gasteiger partial charge in [0.25, 0.3) is 0 Å². The second-order valence-corrected chi connectivity index (χ2v) is 7.53. The lowest BCUT2D eigenvalue weighted by molar-refractivity contribution is -0.116. The Morgan fingerprint density at radius 1 is 1.14 bits per heavy atom. The van der Waals surface area contributed by atoms with Crippen molar-refractivity contribution in [2.24, 2.45) is 0 Å². The number of methoxy groups -OCH3 is 1. The lowest BCUT2D eigenvalue weighted by atomic mass is 9.85. The normalized spacial score (nSPS) is 18.1. The zero-order valence-corrected chi connectivity index (χ0v) is 16.6. The van der Waals surface area contributed by atoms with Crippen LogP contribution in [0.15, 0.2) is 59.8 Å². The van der Waals surface area contributed by atoms with Crippen LogP contribution in [0.3, 0.4) is 0 Å². The molecule has 1 atom stereocenters. The quantitative estimate of drug-likeness (QED) is 0.686. The highest BCUT2D eigenvalue weighted by Crippen LogP contribution is 2.42. The summed E-state index contributed by atoms with van der Waals surface area (Å²) in [6.07, 6.45) is 2.16. The van der Waals surface area contributed by atoms with E-state index < -0.39 is 6.04 Å². The molecule has 0 saturated heterocycles. The van der Waals surface area contributed by atoms with Crippen LogP contribution >= 0.6 is 11.6 Å². The van der Waals surface area contributed by atoms with E-state index >= 15 is 0 Å². The number of nitrogens with one attached hydrogen (secondary N) is 1. The third kappa shape index (κ3) is 2.91. The van der Waals surface area contributed by atoms with Crippen molar-refractivity contribution in [1.82, 2.24) is 14.8 Å². The van der Waals surface area contributed by atoms with E-state index in [2.05, 4.69) is 5.32 Å². The minimum atomic E-state index is -0.404. The lowest BCUT2D eigenvalue weighted by Gasteiger charge is -2.32. The average molecular weight is 407 g/mol. The van der Waals surface area contributed by atoms with Gasteiger partial charge in [0.05, 0.1) is 12.7 Å². The summed E-state index contributed by atoms with van der Waals surface area (Å²) in [7, 11) is 1.62. The Balaban J connectivity index is 1.71. The number of carbonyl (C=O) groups excluding carboxylic acids is 1. The molecule has 7 heteroatoms. The topological polar surface area (TPSA) is 69.0 Å². The van der Waals surface area contributed by atoms with Gasteiger partial charge in [-0.15, -0.1) is 5.10 Å². The predicted octanol–water partition coefficient (Wildman–Crippen LogP) is 4.63. The first kappa shape index (κ1) is 17.9. The van der Waals surface area contributed by atoms with Crippen LogP contribution in [0.1, 0.15) is 30.9 Å². The van der Waals surface area contributed by atoms with E-state index in [9.17, 15) is 4.79 Å². The number of fused-ring (bicyclic) bond motifs is 1. The number of para-hydroxylation sites is 1. The second-order valence-electron chi connectivity index (χ2n) is 7.12. The van der Waals surface area contributed by atoms with Crippen LogP contribution in [-0.4, -0.2) is 27.7 Å². The van der Waals surface area contributed by atoms with Crippen molar-refractivity contribution in [2.75, 3.05) is 12.4 Å². The number of ether oxygens (including phenoxy) is 1. The van der Waals surface area contributed by atoms with Crippen LogP contribution in [0, 0.1) is 0 Å². The number of hydrogen-bond acceptors (Lipinski definition) is 5. The fourth-order valence-corrected chi connectivity index (χ4v) is 4.32. The Morgan fingerprint density at radius 2 is 1.93 bits per heavy atom. The number of ketones is 1. The van der Waals surface area contributed by atoms with Gasteiger partial charge < -0.3 is 10.1 Å². The van der Waals surface area contributed by atoms with E-state index in [4.69, 9.17) is 26.4 Å². The van der Waals surface area contributed by atoms with Crippen molar-refractivity contribution < 1.29 is 9.53 Å². The van der Waals surface area contributed by atoms with Gasteiger partial charge in [0, 0.05) is 28.3 Å². The molecule has 0 bridgehead atoms. The minimum Gasteiger partial charge on any atom is -0.496 e. The van der Waals surface area contributed by atoms with Crippen LogP contribution in [-0.2, 0) is 4.79 Å². The number of Topliss-reactive ketones (excluding diaryl/α,β-unsaturated/α-hetero) is 1. The highest BCUT2D eigenvalue weighted by molar-refractivity contribution is 6.31. The van der Waals surface area contributed by atoms with Crippen LogP contribution in [0.2, 0.25) is 5.02 Å². The van der Waals surface area contributed by atoms with Crippen LogP contribution < -0.4 is 10.1 Å². The molecule has 3 aromatic rings. The SMILES string of the molecule is COc1ccccc1-c1nc2n(n1)C(c1ccccc1Cl)C1=C(CCCC1=O)N2. The molecule has 1 N–H and O–H groups in total. The van der Waals surface area contributed by atoms with Crippen molar-refractivity contribution in [3.63, 3.8) is 0 Å². The summed E-state index contributed by atoms with van der Waals surface area (Å²) in [4.78, 5) is 17.6. The first-order valence-electron chi connectivity index (χ1n) is 9.55. The van der Waals surface area contributed by atoms with E-state index in [0.29, 0.717) is 29.0 Å². The monoisotopic (exact) mass is 406 g/mol. The molecule has 0 fully saturated rings. The van der Waals surface area contributed by atoms with E-state index in [1.54, 1.807) is 11.8 Å². The lowest BCUT2D eigenvalue weighted by Crippen LogP contribution is -2.31. The van der Waals surface area contributed by atoms with Gasteiger partial charge in [-0.1, -0.05) is 41.9 Å². The van der Waals surface area contributed by atoms with E-state index in [1.807, 2.05) is 48.5 Å². The molecular weight excluding hydrogens is 388 g/mol. The molecule has 0 amide bonds. The number of benzene rings is 2. The number of rotatable bonds is 3. The van der Waals surface area contributed by atoms with E-state index in [1.165, 1.54) is 0 Å². The fraction of sp³-hybridized carbons (Fsp3) is 0.227. The van der Waals surface area contributed by atoms with Crippen molar-refractivity contribution in [3.8, 4) is 17.1 Å². The molecule has 2 aliphatic rings. The highest BCUT2D eigenvalue weighted by Gasteiger charge is 2.37. The third-order valence-electron chi connectivity index (χ3n) is 5.42. The Morgan fingerprint density at radius 3 is 2.76 bits per heavy atom. The summed E-state index contributed by atoms with van der Waals surface area (Å²) in [5.74, 6) is 1.96. The first-order chi connectivity index (χ1) is 14.2. The summed E-state index contributed by atoms with van der Waals surface area (Å²) in [5, 5.41) is 8.71. The Hall–Kier alpha value is -3.12. The molecule has 0 spiro atoms. The number of allylic oxidation sites excluding steroid dienone is 2. The fourth-order valence-electron chi connectivity index (χ4n) is 4.08. The van der Waals surface area contributed by atoms with Gasteiger partial charge in [0.2, 0.25) is 5.95 Å². The largest absolute Gasteiger partial charge is 0.496 e. The van der Waals surface area contributed by atoms with Crippen LogP contribution in [0.5, 0.6) is 5.75 Å². The molecule has 29 heavy (non-hydrogen) atoms.